The van der Waals surface area contributed by atoms with Crippen molar-refractivity contribution in [1.82, 2.24) is 9.78 Å². The number of ketones is 1. The molecule has 0 radical (unpaired) electrons. The first-order chi connectivity index (χ1) is 16.1. The third kappa shape index (κ3) is 5.59. The van der Waals surface area contributed by atoms with Gasteiger partial charge in [-0.15, -0.1) is 0 Å². The van der Waals surface area contributed by atoms with Crippen molar-refractivity contribution in [1.29, 1.82) is 0 Å². The molecule has 3 aromatic carbocycles. The van der Waals surface area contributed by atoms with E-state index in [1.54, 1.807) is 65.6 Å². The summed E-state index contributed by atoms with van der Waals surface area (Å²) in [4.78, 5) is 37.3. The molecule has 1 amide bonds. The molecule has 0 aliphatic carbocycles. The number of aromatic nitrogens is 2. The van der Waals surface area contributed by atoms with Gasteiger partial charge in [0.05, 0.1) is 24.0 Å². The van der Waals surface area contributed by atoms with Crippen LogP contribution in [0.2, 0.25) is 0 Å². The first-order valence-corrected chi connectivity index (χ1v) is 10.3. The summed E-state index contributed by atoms with van der Waals surface area (Å²) < 4.78 is 6.77. The second-order valence-electron chi connectivity index (χ2n) is 7.26. The average Bonchev–Trinajstić information content (AvgIpc) is 3.32. The number of hydrogen-bond acceptors (Lipinski definition) is 5. The maximum atomic E-state index is 12.8. The van der Waals surface area contributed by atoms with Crippen LogP contribution in [0.5, 0.6) is 0 Å². The smallest absolute Gasteiger partial charge is 0.310 e. The van der Waals surface area contributed by atoms with Crippen LogP contribution in [0.3, 0.4) is 0 Å². The van der Waals surface area contributed by atoms with Crippen molar-refractivity contribution in [2.75, 3.05) is 11.9 Å². The fourth-order valence-corrected chi connectivity index (χ4v) is 3.26. The first kappa shape index (κ1) is 21.7. The number of benzene rings is 3. The zero-order chi connectivity index (χ0) is 23.0. The van der Waals surface area contributed by atoms with Gasteiger partial charge in [-0.2, -0.15) is 5.10 Å². The largest absolute Gasteiger partial charge is 0.455 e. The number of carbonyl (C=O) groups is 3. The SMILES string of the molecule is O=C(COC(=O)Cc1cnn(-c2ccccc2)c1)Nc1ccccc1C(=O)c1ccccc1. The number of para-hydroxylation sites is 2. The van der Waals surface area contributed by atoms with Crippen LogP contribution in [0.1, 0.15) is 21.5 Å². The molecule has 4 rings (SSSR count). The highest BCUT2D eigenvalue weighted by Crippen LogP contribution is 2.19. The Morgan fingerprint density at radius 1 is 0.848 bits per heavy atom. The van der Waals surface area contributed by atoms with Crippen LogP contribution in [0.15, 0.2) is 97.3 Å². The van der Waals surface area contributed by atoms with Crippen molar-refractivity contribution in [2.45, 2.75) is 6.42 Å². The van der Waals surface area contributed by atoms with Gasteiger partial charge < -0.3 is 10.1 Å². The van der Waals surface area contributed by atoms with E-state index in [1.807, 2.05) is 36.4 Å². The molecule has 4 aromatic rings. The van der Waals surface area contributed by atoms with E-state index in [0.717, 1.165) is 5.69 Å². The monoisotopic (exact) mass is 439 g/mol. The summed E-state index contributed by atoms with van der Waals surface area (Å²) in [5.41, 5.74) is 2.78. The van der Waals surface area contributed by atoms with Crippen LogP contribution >= 0.6 is 0 Å². The van der Waals surface area contributed by atoms with Crippen molar-refractivity contribution in [2.24, 2.45) is 0 Å². The Balaban J connectivity index is 1.32. The van der Waals surface area contributed by atoms with E-state index in [2.05, 4.69) is 10.4 Å². The zero-order valence-electron chi connectivity index (χ0n) is 17.7. The van der Waals surface area contributed by atoms with Gasteiger partial charge in [-0.3, -0.25) is 14.4 Å². The minimum atomic E-state index is -0.550. The molecule has 0 spiro atoms. The van der Waals surface area contributed by atoms with E-state index >= 15 is 0 Å². The van der Waals surface area contributed by atoms with E-state index in [0.29, 0.717) is 22.4 Å². The van der Waals surface area contributed by atoms with Crippen molar-refractivity contribution in [3.8, 4) is 5.69 Å². The molecule has 0 unspecified atom stereocenters. The van der Waals surface area contributed by atoms with E-state index in [4.69, 9.17) is 4.74 Å². The summed E-state index contributed by atoms with van der Waals surface area (Å²) >= 11 is 0. The molecule has 0 bridgehead atoms. The number of anilines is 1. The van der Waals surface area contributed by atoms with Crippen molar-refractivity contribution < 1.29 is 19.1 Å². The quantitative estimate of drug-likeness (QED) is 0.333. The average molecular weight is 439 g/mol. The summed E-state index contributed by atoms with van der Waals surface area (Å²) in [6, 6.07) is 25.0. The molecule has 1 heterocycles. The van der Waals surface area contributed by atoms with Gasteiger partial charge in [-0.05, 0) is 24.3 Å². The Hall–Kier alpha value is -4.52. The highest BCUT2D eigenvalue weighted by atomic mass is 16.5. The van der Waals surface area contributed by atoms with E-state index in [-0.39, 0.29) is 12.2 Å². The molecule has 0 saturated heterocycles. The molecule has 33 heavy (non-hydrogen) atoms. The standard InChI is InChI=1S/C26H21N3O4/c30-24(28-23-14-8-7-13-22(23)26(32)20-9-3-1-4-10-20)18-33-25(31)15-19-16-27-29(17-19)21-11-5-2-6-12-21/h1-14,16-17H,15,18H2,(H,28,30). The molecule has 0 aliphatic heterocycles. The Morgan fingerprint density at radius 3 is 2.27 bits per heavy atom. The second kappa shape index (κ2) is 10.2. The molecule has 1 N–H and O–H groups in total. The number of nitrogens with one attached hydrogen (secondary N) is 1. The summed E-state index contributed by atoms with van der Waals surface area (Å²) in [7, 11) is 0. The minimum Gasteiger partial charge on any atom is -0.455 e. The van der Waals surface area contributed by atoms with Crippen LogP contribution in [-0.4, -0.2) is 34.0 Å². The van der Waals surface area contributed by atoms with Crippen LogP contribution < -0.4 is 5.32 Å². The molecule has 0 aliphatic rings. The Morgan fingerprint density at radius 2 is 1.52 bits per heavy atom. The molecule has 1 aromatic heterocycles. The van der Waals surface area contributed by atoms with Gasteiger partial charge in [0, 0.05) is 22.9 Å². The highest BCUT2D eigenvalue weighted by Gasteiger charge is 2.16. The van der Waals surface area contributed by atoms with Gasteiger partial charge in [0.1, 0.15) is 0 Å². The molecule has 0 atom stereocenters. The van der Waals surface area contributed by atoms with Crippen molar-refractivity contribution >= 4 is 23.3 Å². The lowest BCUT2D eigenvalue weighted by atomic mass is 10.0. The molecule has 0 fully saturated rings. The number of rotatable bonds is 8. The van der Waals surface area contributed by atoms with E-state index < -0.39 is 18.5 Å². The van der Waals surface area contributed by atoms with Gasteiger partial charge >= 0.3 is 5.97 Å². The first-order valence-electron chi connectivity index (χ1n) is 10.3. The molecule has 7 nitrogen and oxygen atoms in total. The topological polar surface area (TPSA) is 90.3 Å². The highest BCUT2D eigenvalue weighted by molar-refractivity contribution is 6.13. The Labute approximate surface area is 190 Å². The van der Waals surface area contributed by atoms with Gasteiger partial charge in [-0.25, -0.2) is 4.68 Å². The van der Waals surface area contributed by atoms with E-state index in [1.165, 1.54) is 0 Å². The Kier molecular flexibility index (Phi) is 6.70. The molecule has 164 valence electrons. The van der Waals surface area contributed by atoms with Crippen LogP contribution in [0, 0.1) is 0 Å². The van der Waals surface area contributed by atoms with Gasteiger partial charge in [0.25, 0.3) is 5.91 Å². The van der Waals surface area contributed by atoms with Crippen molar-refractivity contribution in [3.05, 3.63) is 114 Å². The second-order valence-corrected chi connectivity index (χ2v) is 7.26. The number of carbonyl (C=O) groups excluding carboxylic acids is 3. The fraction of sp³-hybridized carbons (Fsp3) is 0.0769. The van der Waals surface area contributed by atoms with Gasteiger partial charge in [0.2, 0.25) is 0 Å². The lowest BCUT2D eigenvalue weighted by molar-refractivity contribution is -0.146. The maximum absolute atomic E-state index is 12.8. The third-order valence-corrected chi connectivity index (χ3v) is 4.85. The molecule has 7 heteroatoms. The van der Waals surface area contributed by atoms with Crippen LogP contribution in [-0.2, 0) is 20.7 Å². The van der Waals surface area contributed by atoms with Gasteiger partial charge in [0.15, 0.2) is 12.4 Å². The molecular formula is C26H21N3O4. The number of ether oxygens (including phenoxy) is 1. The molecular weight excluding hydrogens is 418 g/mol. The number of esters is 1. The van der Waals surface area contributed by atoms with Crippen LogP contribution in [0.25, 0.3) is 5.69 Å². The van der Waals surface area contributed by atoms with Crippen molar-refractivity contribution in [3.63, 3.8) is 0 Å². The fourth-order valence-electron chi connectivity index (χ4n) is 3.26. The van der Waals surface area contributed by atoms with E-state index in [9.17, 15) is 14.4 Å². The predicted octanol–water partition coefficient (Wildman–Crippen LogP) is 3.83. The minimum absolute atomic E-state index is 0.0107. The number of amides is 1. The van der Waals surface area contributed by atoms with Crippen LogP contribution in [0.4, 0.5) is 5.69 Å². The third-order valence-electron chi connectivity index (χ3n) is 4.85. The normalized spacial score (nSPS) is 10.4. The number of nitrogens with zero attached hydrogens (tertiary/aromatic N) is 2. The van der Waals surface area contributed by atoms with Gasteiger partial charge in [-0.1, -0.05) is 60.7 Å². The summed E-state index contributed by atoms with van der Waals surface area (Å²) in [6.45, 7) is -0.459. The lowest BCUT2D eigenvalue weighted by Crippen LogP contribution is -2.22. The predicted molar refractivity (Wildman–Crippen MR) is 123 cm³/mol. The zero-order valence-corrected chi connectivity index (χ0v) is 17.7. The summed E-state index contributed by atoms with van der Waals surface area (Å²) in [6.07, 6.45) is 3.31. The lowest BCUT2D eigenvalue weighted by Gasteiger charge is -2.11. The molecule has 0 saturated carbocycles. The summed E-state index contributed by atoms with van der Waals surface area (Å²) in [5.74, 6) is -1.29. The Bertz CT molecular complexity index is 1270. The summed E-state index contributed by atoms with van der Waals surface area (Å²) in [5, 5.41) is 6.89. The number of hydrogen-bond donors (Lipinski definition) is 1. The maximum Gasteiger partial charge on any atom is 0.310 e.